The molecule has 0 saturated carbocycles. The van der Waals surface area contributed by atoms with Gasteiger partial charge in [0.2, 0.25) is 0 Å². The number of ether oxygens (including phenoxy) is 5. The molecule has 9 aliphatic rings. The molecule has 12 nitrogen and oxygen atoms in total. The molecule has 0 amide bonds. The monoisotopic (exact) mass is 554 g/mol. The molecule has 7 aliphatic heterocycles. The number of rotatable bonds is 1. The van der Waals surface area contributed by atoms with Crippen molar-refractivity contribution in [2.75, 3.05) is 20.3 Å². The quantitative estimate of drug-likeness (QED) is 0.224. The third-order valence-electron chi connectivity index (χ3n) is 8.32. The van der Waals surface area contributed by atoms with Gasteiger partial charge in [-0.25, -0.2) is 4.79 Å². The number of halogens is 1. The number of aliphatic hydroxyl groups excluding tert-OH is 4. The summed E-state index contributed by atoms with van der Waals surface area (Å²) in [4.78, 5) is 26.6. The number of esters is 1. The van der Waals surface area contributed by atoms with Crippen LogP contribution in [-0.4, -0.2) is 92.9 Å². The maximum Gasteiger partial charge on any atom is 0.338 e. The van der Waals surface area contributed by atoms with Crippen molar-refractivity contribution in [2.45, 2.75) is 73.4 Å². The number of methoxy groups -OCH3 is 1. The Morgan fingerprint density at radius 1 is 1.13 bits per heavy atom. The van der Waals surface area contributed by atoms with E-state index in [-0.39, 0.29) is 46.7 Å². The van der Waals surface area contributed by atoms with Gasteiger partial charge in [-0.15, -0.1) is 0 Å². The van der Waals surface area contributed by atoms with Crippen molar-refractivity contribution in [3.05, 3.63) is 45.2 Å². The Morgan fingerprint density at radius 2 is 1.87 bits per heavy atom. The molecule has 206 valence electrons. The van der Waals surface area contributed by atoms with Gasteiger partial charge in [-0.2, -0.15) is 0 Å². The molecule has 0 radical (unpaired) electrons. The number of Topliss-reactive ketones (excluding diaryl/α,β-unsaturated/α-hetero) is 1. The smallest absolute Gasteiger partial charge is 0.338 e. The minimum absolute atomic E-state index is 0.0308. The summed E-state index contributed by atoms with van der Waals surface area (Å²) in [5.41, 5.74) is -3.68. The Bertz CT molecular complexity index is 1260. The van der Waals surface area contributed by atoms with Gasteiger partial charge in [0.1, 0.15) is 12.2 Å². The number of epoxide rings is 1. The van der Waals surface area contributed by atoms with Gasteiger partial charge in [-0.05, 0) is 24.1 Å². The molecule has 1 aromatic rings. The minimum atomic E-state index is -2.37. The average Bonchev–Trinajstić information content (AvgIpc) is 3.64. The standard InChI is InChI=1S/C25H27ClO12/c1-9-17(30)24-20(34-2)21(32)35-4-3-13(27)10-5-11-14(28)7-15(29)23(18(31)16(11)12(26)6-10)8-36-25(33,19(9)37-23)22(24)38-24/h5-6,13-15,18,20,22,27-29,31,33H,3-4,7-8H2,1-2H3/t13-,14+,15+,18+,20-,22?,23?,24?,25+/m0/s1. The molecule has 2 spiro atoms. The summed E-state index contributed by atoms with van der Waals surface area (Å²) in [6.45, 7) is 0.437. The van der Waals surface area contributed by atoms with Crippen molar-refractivity contribution in [1.82, 2.24) is 0 Å². The van der Waals surface area contributed by atoms with Crippen molar-refractivity contribution in [2.24, 2.45) is 0 Å². The molecule has 7 heterocycles. The van der Waals surface area contributed by atoms with Gasteiger partial charge < -0.3 is 49.2 Å². The van der Waals surface area contributed by atoms with Crippen LogP contribution >= 0.6 is 11.6 Å². The number of benzene rings is 1. The number of carbonyl (C=O) groups excluding carboxylic acids is 2. The largest absolute Gasteiger partial charge is 0.477 e. The second-order valence-electron chi connectivity index (χ2n) is 10.4. The lowest BCUT2D eigenvalue weighted by Crippen LogP contribution is -2.65. The highest BCUT2D eigenvalue weighted by molar-refractivity contribution is 6.31. The van der Waals surface area contributed by atoms with Crippen molar-refractivity contribution in [1.29, 1.82) is 0 Å². The molecule has 13 heteroatoms. The highest BCUT2D eigenvalue weighted by Crippen LogP contribution is 2.60. The summed E-state index contributed by atoms with van der Waals surface area (Å²) in [5.74, 6) is -4.47. The van der Waals surface area contributed by atoms with Crippen LogP contribution < -0.4 is 0 Å². The number of carbonyl (C=O) groups is 2. The third kappa shape index (κ3) is 3.20. The van der Waals surface area contributed by atoms with E-state index in [4.69, 9.17) is 35.3 Å². The predicted molar refractivity (Wildman–Crippen MR) is 123 cm³/mol. The third-order valence-corrected chi connectivity index (χ3v) is 8.63. The fraction of sp³-hybridized carbons (Fsp3) is 0.600. The van der Waals surface area contributed by atoms with E-state index < -0.39 is 77.7 Å². The topological polar surface area (TPSA) is 185 Å². The molecule has 9 atom stereocenters. The van der Waals surface area contributed by atoms with E-state index in [9.17, 15) is 35.1 Å². The zero-order valence-corrected chi connectivity index (χ0v) is 21.2. The van der Waals surface area contributed by atoms with Crippen LogP contribution in [0.3, 0.4) is 0 Å². The van der Waals surface area contributed by atoms with Crippen LogP contribution in [0.4, 0.5) is 0 Å². The van der Waals surface area contributed by atoms with E-state index in [0.717, 1.165) is 0 Å². The molecule has 10 rings (SSSR count). The van der Waals surface area contributed by atoms with Crippen LogP contribution in [0.5, 0.6) is 0 Å². The van der Waals surface area contributed by atoms with E-state index in [0.29, 0.717) is 0 Å². The molecule has 2 saturated heterocycles. The van der Waals surface area contributed by atoms with E-state index >= 15 is 0 Å². The second kappa shape index (κ2) is 8.43. The first-order valence-electron chi connectivity index (χ1n) is 12.2. The highest BCUT2D eigenvalue weighted by Gasteiger charge is 2.82. The Balaban J connectivity index is 1.57. The average molecular weight is 555 g/mol. The van der Waals surface area contributed by atoms with Crippen molar-refractivity contribution < 1.29 is 58.8 Å². The van der Waals surface area contributed by atoms with Crippen molar-refractivity contribution >= 4 is 23.4 Å². The zero-order chi connectivity index (χ0) is 27.4. The van der Waals surface area contributed by atoms with Gasteiger partial charge >= 0.3 is 5.97 Å². The molecule has 7 bridgehead atoms. The van der Waals surface area contributed by atoms with Gasteiger partial charge in [0.15, 0.2) is 35.0 Å². The van der Waals surface area contributed by atoms with Gasteiger partial charge in [0, 0.05) is 36.1 Å². The van der Waals surface area contributed by atoms with Gasteiger partial charge in [0.25, 0.3) is 5.79 Å². The van der Waals surface area contributed by atoms with Crippen molar-refractivity contribution in [3.8, 4) is 0 Å². The summed E-state index contributed by atoms with van der Waals surface area (Å²) in [6.07, 6.45) is -9.17. The van der Waals surface area contributed by atoms with Gasteiger partial charge in [-0.3, -0.25) is 4.79 Å². The predicted octanol–water partition coefficient (Wildman–Crippen LogP) is -0.365. The fourth-order valence-electron chi connectivity index (χ4n) is 6.18. The van der Waals surface area contributed by atoms with E-state index in [1.54, 1.807) is 0 Å². The van der Waals surface area contributed by atoms with Gasteiger partial charge in [-0.1, -0.05) is 17.7 Å². The molecule has 0 aromatic heterocycles. The Kier molecular flexibility index (Phi) is 5.80. The Labute approximate surface area is 221 Å². The number of hydrogen-bond donors (Lipinski definition) is 5. The Hall–Kier alpha value is -2.13. The van der Waals surface area contributed by atoms with Crippen LogP contribution in [0.2, 0.25) is 5.02 Å². The maximum absolute atomic E-state index is 13.6. The van der Waals surface area contributed by atoms with E-state index in [2.05, 4.69) is 0 Å². The number of ketones is 1. The van der Waals surface area contributed by atoms with E-state index in [1.165, 1.54) is 26.2 Å². The van der Waals surface area contributed by atoms with E-state index in [1.807, 2.05) is 0 Å². The first-order valence-corrected chi connectivity index (χ1v) is 12.5. The summed E-state index contributed by atoms with van der Waals surface area (Å²) < 4.78 is 28.2. The number of hydrogen-bond acceptors (Lipinski definition) is 12. The SMILES string of the molecule is CO[C@H]1C(=O)OCC[C@H](O)c2cc(Cl)c3c(c2)[C@H](O)C[C@@H](O)C2(CO[C@]4(O)C(=C(C)C(=O)C15OC54)O2)[C@@H]3O. The molecule has 1 aromatic carbocycles. The van der Waals surface area contributed by atoms with Crippen LogP contribution in [0.1, 0.15) is 54.8 Å². The van der Waals surface area contributed by atoms with Crippen molar-refractivity contribution in [3.63, 3.8) is 0 Å². The molecular weight excluding hydrogens is 528 g/mol. The summed E-state index contributed by atoms with van der Waals surface area (Å²) in [6, 6.07) is 2.84. The lowest BCUT2D eigenvalue weighted by molar-refractivity contribution is -0.321. The Morgan fingerprint density at radius 3 is 2.58 bits per heavy atom. The minimum Gasteiger partial charge on any atom is -0.477 e. The lowest BCUT2D eigenvalue weighted by atomic mass is 9.77. The summed E-state index contributed by atoms with van der Waals surface area (Å²) in [7, 11) is 1.18. The number of aliphatic hydroxyl groups is 5. The normalized spacial score (nSPS) is 44.0. The van der Waals surface area contributed by atoms with Crippen LogP contribution in [0.15, 0.2) is 23.5 Å². The van der Waals surface area contributed by atoms with Crippen LogP contribution in [0.25, 0.3) is 0 Å². The summed E-state index contributed by atoms with van der Waals surface area (Å²) >= 11 is 6.55. The maximum atomic E-state index is 13.6. The second-order valence-corrected chi connectivity index (χ2v) is 10.8. The van der Waals surface area contributed by atoms with Crippen LogP contribution in [-0.2, 0) is 33.3 Å². The molecular formula is C25H27ClO12. The van der Waals surface area contributed by atoms with Crippen LogP contribution in [0, 0.1) is 0 Å². The molecule has 3 unspecified atom stereocenters. The fourth-order valence-corrected chi connectivity index (χ4v) is 6.52. The molecule has 2 fully saturated rings. The molecule has 2 aliphatic carbocycles. The molecule has 38 heavy (non-hydrogen) atoms. The summed E-state index contributed by atoms with van der Waals surface area (Å²) in [5, 5.41) is 56.2. The lowest BCUT2D eigenvalue weighted by Gasteiger charge is -2.50. The zero-order valence-electron chi connectivity index (χ0n) is 20.4. The van der Waals surface area contributed by atoms with Gasteiger partial charge in [0.05, 0.1) is 25.4 Å². The first-order chi connectivity index (χ1) is 17.9. The first kappa shape index (κ1) is 26.1. The highest BCUT2D eigenvalue weighted by atomic mass is 35.5. The molecule has 5 N–H and O–H groups in total.